The minimum atomic E-state index is 0.433. The fraction of sp³-hybridized carbons (Fsp3) is 0.364. The van der Waals surface area contributed by atoms with Crippen molar-refractivity contribution in [3.63, 3.8) is 0 Å². The van der Waals surface area contributed by atoms with Crippen LogP contribution in [0, 0.1) is 13.8 Å². The maximum Gasteiger partial charge on any atom is 0.163 e. The van der Waals surface area contributed by atoms with Gasteiger partial charge in [0, 0.05) is 7.05 Å². The van der Waals surface area contributed by atoms with E-state index in [0.717, 1.165) is 22.7 Å². The monoisotopic (exact) mass is 258 g/mol. The van der Waals surface area contributed by atoms with Crippen molar-refractivity contribution in [2.75, 3.05) is 5.73 Å². The lowest BCUT2D eigenvalue weighted by atomic mass is 10.4. The average molecular weight is 258 g/mol. The number of fused-ring (bicyclic) bond motifs is 1. The Bertz CT molecular complexity index is 753. The molecule has 0 bridgehead atoms. The highest BCUT2D eigenvalue weighted by Crippen LogP contribution is 2.16. The van der Waals surface area contributed by atoms with Crippen molar-refractivity contribution in [1.82, 2.24) is 34.5 Å². The maximum absolute atomic E-state index is 5.92. The van der Waals surface area contributed by atoms with E-state index in [2.05, 4.69) is 25.1 Å². The van der Waals surface area contributed by atoms with E-state index in [9.17, 15) is 0 Å². The minimum absolute atomic E-state index is 0.433. The van der Waals surface area contributed by atoms with Gasteiger partial charge in [0.15, 0.2) is 11.5 Å². The quantitative estimate of drug-likeness (QED) is 0.704. The second-order valence-corrected chi connectivity index (χ2v) is 4.39. The van der Waals surface area contributed by atoms with Crippen LogP contribution >= 0.6 is 0 Å². The number of hydrogen-bond acceptors (Lipinski definition) is 6. The standard InChI is InChI=1S/C11H14N8/c1-6-14-7(2)19(17-6)5-9-15-10(12)8-4-13-18(3)11(8)16-9/h4H,5H2,1-3H3,(H2,12,15,16). The van der Waals surface area contributed by atoms with Gasteiger partial charge in [-0.2, -0.15) is 10.2 Å². The van der Waals surface area contributed by atoms with Gasteiger partial charge in [0.1, 0.15) is 24.0 Å². The van der Waals surface area contributed by atoms with Crippen LogP contribution in [0.15, 0.2) is 6.20 Å². The first-order chi connectivity index (χ1) is 9.04. The Balaban J connectivity index is 2.06. The van der Waals surface area contributed by atoms with Gasteiger partial charge in [-0.25, -0.2) is 19.6 Å². The van der Waals surface area contributed by atoms with E-state index >= 15 is 0 Å². The van der Waals surface area contributed by atoms with Crippen molar-refractivity contribution in [2.45, 2.75) is 20.4 Å². The molecule has 2 N–H and O–H groups in total. The molecule has 19 heavy (non-hydrogen) atoms. The van der Waals surface area contributed by atoms with Gasteiger partial charge >= 0.3 is 0 Å². The van der Waals surface area contributed by atoms with Gasteiger partial charge in [-0.05, 0) is 13.8 Å². The molecule has 0 radical (unpaired) electrons. The number of nitrogens with two attached hydrogens (primary N) is 1. The van der Waals surface area contributed by atoms with Crippen molar-refractivity contribution in [3.8, 4) is 0 Å². The molecular formula is C11H14N8. The highest BCUT2D eigenvalue weighted by atomic mass is 15.4. The zero-order valence-electron chi connectivity index (χ0n) is 11.0. The molecule has 0 aliphatic heterocycles. The Morgan fingerprint density at radius 3 is 2.68 bits per heavy atom. The summed E-state index contributed by atoms with van der Waals surface area (Å²) in [6, 6.07) is 0. The molecular weight excluding hydrogens is 244 g/mol. The summed E-state index contributed by atoms with van der Waals surface area (Å²) in [6.07, 6.45) is 1.67. The number of nitrogen functional groups attached to an aromatic ring is 1. The van der Waals surface area contributed by atoms with Gasteiger partial charge in [-0.3, -0.25) is 4.68 Å². The Morgan fingerprint density at radius 2 is 2.00 bits per heavy atom. The lowest BCUT2D eigenvalue weighted by Gasteiger charge is -2.04. The predicted octanol–water partition coefficient (Wildman–Crippen LogP) is 0.202. The molecule has 3 aromatic rings. The molecule has 0 aliphatic carbocycles. The number of rotatable bonds is 2. The molecule has 0 unspecified atom stereocenters. The Morgan fingerprint density at radius 1 is 1.21 bits per heavy atom. The first-order valence-electron chi connectivity index (χ1n) is 5.87. The number of nitrogens with zero attached hydrogens (tertiary/aromatic N) is 7. The summed E-state index contributed by atoms with van der Waals surface area (Å²) in [5, 5.41) is 9.18. The highest BCUT2D eigenvalue weighted by molar-refractivity contribution is 5.84. The number of hydrogen-bond donors (Lipinski definition) is 1. The largest absolute Gasteiger partial charge is 0.383 e. The van der Waals surface area contributed by atoms with Crippen LogP contribution in [0.1, 0.15) is 17.5 Å². The number of anilines is 1. The zero-order chi connectivity index (χ0) is 13.6. The molecule has 3 aromatic heterocycles. The fourth-order valence-electron chi connectivity index (χ4n) is 2.01. The Labute approximate surface area is 109 Å². The molecule has 0 fully saturated rings. The van der Waals surface area contributed by atoms with Crippen molar-refractivity contribution in [2.24, 2.45) is 7.05 Å². The van der Waals surface area contributed by atoms with E-state index in [1.165, 1.54) is 0 Å². The topological polar surface area (TPSA) is 100 Å². The van der Waals surface area contributed by atoms with Crippen molar-refractivity contribution in [3.05, 3.63) is 23.7 Å². The third kappa shape index (κ3) is 1.90. The summed E-state index contributed by atoms with van der Waals surface area (Å²) in [5.74, 6) is 2.58. The van der Waals surface area contributed by atoms with Crippen molar-refractivity contribution >= 4 is 16.9 Å². The smallest absolute Gasteiger partial charge is 0.163 e. The van der Waals surface area contributed by atoms with Crippen molar-refractivity contribution < 1.29 is 0 Å². The van der Waals surface area contributed by atoms with Crippen LogP contribution in [0.25, 0.3) is 11.0 Å². The van der Waals surface area contributed by atoms with E-state index in [1.807, 2.05) is 20.9 Å². The molecule has 0 aromatic carbocycles. The maximum atomic E-state index is 5.92. The first-order valence-corrected chi connectivity index (χ1v) is 5.87. The lowest BCUT2D eigenvalue weighted by molar-refractivity contribution is 0.630. The number of aryl methyl sites for hydroxylation is 3. The second kappa shape index (κ2) is 4.01. The summed E-state index contributed by atoms with van der Waals surface area (Å²) in [6.45, 7) is 4.19. The summed E-state index contributed by atoms with van der Waals surface area (Å²) < 4.78 is 3.43. The highest BCUT2D eigenvalue weighted by Gasteiger charge is 2.11. The van der Waals surface area contributed by atoms with Gasteiger partial charge in [0.05, 0.1) is 11.6 Å². The van der Waals surface area contributed by atoms with Crippen LogP contribution in [0.3, 0.4) is 0 Å². The van der Waals surface area contributed by atoms with E-state index in [-0.39, 0.29) is 0 Å². The van der Waals surface area contributed by atoms with Crippen LogP contribution in [0.4, 0.5) is 5.82 Å². The van der Waals surface area contributed by atoms with E-state index < -0.39 is 0 Å². The van der Waals surface area contributed by atoms with Crippen LogP contribution in [0.2, 0.25) is 0 Å². The SMILES string of the molecule is Cc1nc(C)n(Cc2nc(N)c3cnn(C)c3n2)n1. The molecule has 0 aliphatic rings. The summed E-state index contributed by atoms with van der Waals surface area (Å²) in [5.41, 5.74) is 6.64. The van der Waals surface area contributed by atoms with Gasteiger partial charge in [-0.1, -0.05) is 0 Å². The molecule has 3 heterocycles. The van der Waals surface area contributed by atoms with Gasteiger partial charge in [0.25, 0.3) is 0 Å². The third-order valence-electron chi connectivity index (χ3n) is 2.92. The third-order valence-corrected chi connectivity index (χ3v) is 2.92. The van der Waals surface area contributed by atoms with E-state index in [0.29, 0.717) is 18.2 Å². The summed E-state index contributed by atoms with van der Waals surface area (Å²) in [7, 11) is 1.82. The van der Waals surface area contributed by atoms with Crippen LogP contribution in [-0.2, 0) is 13.6 Å². The normalized spacial score (nSPS) is 11.3. The fourth-order valence-corrected chi connectivity index (χ4v) is 2.01. The molecule has 98 valence electrons. The molecule has 0 saturated carbocycles. The van der Waals surface area contributed by atoms with Crippen molar-refractivity contribution in [1.29, 1.82) is 0 Å². The second-order valence-electron chi connectivity index (χ2n) is 4.39. The van der Waals surface area contributed by atoms with Crippen LogP contribution in [0.5, 0.6) is 0 Å². The van der Waals surface area contributed by atoms with Crippen LogP contribution < -0.4 is 5.73 Å². The molecule has 8 heteroatoms. The van der Waals surface area contributed by atoms with Crippen LogP contribution in [-0.4, -0.2) is 34.5 Å². The lowest BCUT2D eigenvalue weighted by Crippen LogP contribution is -2.10. The Kier molecular flexibility index (Phi) is 2.44. The summed E-state index contributed by atoms with van der Waals surface area (Å²) >= 11 is 0. The van der Waals surface area contributed by atoms with Gasteiger partial charge < -0.3 is 5.73 Å². The molecule has 8 nitrogen and oxygen atoms in total. The average Bonchev–Trinajstić information content (AvgIpc) is 2.84. The van der Waals surface area contributed by atoms with E-state index in [4.69, 9.17) is 5.73 Å². The zero-order valence-corrected chi connectivity index (χ0v) is 11.0. The first kappa shape index (κ1) is 11.6. The number of aromatic nitrogens is 7. The summed E-state index contributed by atoms with van der Waals surface area (Å²) in [4.78, 5) is 13.0. The minimum Gasteiger partial charge on any atom is -0.383 e. The molecule has 0 atom stereocenters. The molecule has 0 spiro atoms. The van der Waals surface area contributed by atoms with Gasteiger partial charge in [-0.15, -0.1) is 0 Å². The Hall–Kier alpha value is -2.51. The van der Waals surface area contributed by atoms with E-state index in [1.54, 1.807) is 15.6 Å². The molecule has 0 saturated heterocycles. The molecule has 3 rings (SSSR count). The predicted molar refractivity (Wildman–Crippen MR) is 69.3 cm³/mol. The molecule has 0 amide bonds. The van der Waals surface area contributed by atoms with Gasteiger partial charge in [0.2, 0.25) is 0 Å².